The van der Waals surface area contributed by atoms with Crippen LogP contribution in [0.2, 0.25) is 0 Å². The van der Waals surface area contributed by atoms with Crippen LogP contribution in [-0.4, -0.2) is 71.6 Å². The van der Waals surface area contributed by atoms with Gasteiger partial charge in [-0.1, -0.05) is 45.9 Å². The number of nitrogens with one attached hydrogen (secondary N) is 6. The fraction of sp³-hybridized carbons (Fsp3) is 0.500. The minimum absolute atomic E-state index is 0.0133. The highest BCUT2D eigenvalue weighted by molar-refractivity contribution is 5.95. The van der Waals surface area contributed by atoms with E-state index in [-0.39, 0.29) is 24.7 Å². The third-order valence-corrected chi connectivity index (χ3v) is 6.50. The van der Waals surface area contributed by atoms with E-state index in [0.29, 0.717) is 6.41 Å². The van der Waals surface area contributed by atoms with Gasteiger partial charge in [-0.25, -0.2) is 0 Å². The summed E-state index contributed by atoms with van der Waals surface area (Å²) in [4.78, 5) is 77.3. The van der Waals surface area contributed by atoms with Gasteiger partial charge in [-0.2, -0.15) is 0 Å². The lowest BCUT2D eigenvalue weighted by atomic mass is 9.99. The van der Waals surface area contributed by atoms with Gasteiger partial charge in [-0.3, -0.25) is 28.8 Å². The molecule has 224 valence electrons. The Morgan fingerprint density at radius 3 is 2.17 bits per heavy atom. The van der Waals surface area contributed by atoms with Gasteiger partial charge in [0.25, 0.3) is 0 Å². The van der Waals surface area contributed by atoms with Crippen molar-refractivity contribution in [3.05, 3.63) is 36.0 Å². The predicted molar refractivity (Wildman–Crippen MR) is 153 cm³/mol. The summed E-state index contributed by atoms with van der Waals surface area (Å²) in [5, 5.41) is 13.7. The second kappa shape index (κ2) is 15.4. The van der Waals surface area contributed by atoms with Gasteiger partial charge in [0, 0.05) is 23.5 Å². The van der Waals surface area contributed by atoms with Crippen LogP contribution in [0.3, 0.4) is 0 Å². The van der Waals surface area contributed by atoms with Crippen molar-refractivity contribution in [2.24, 2.45) is 17.6 Å². The van der Waals surface area contributed by atoms with Crippen LogP contribution in [0.15, 0.2) is 30.5 Å². The van der Waals surface area contributed by atoms with Crippen molar-refractivity contribution in [3.8, 4) is 0 Å². The van der Waals surface area contributed by atoms with Crippen LogP contribution in [0.4, 0.5) is 0 Å². The predicted octanol–water partition coefficient (Wildman–Crippen LogP) is -0.397. The molecule has 6 amide bonds. The fourth-order valence-corrected chi connectivity index (χ4v) is 4.26. The monoisotopic (exact) mass is 571 g/mol. The van der Waals surface area contributed by atoms with Crippen LogP contribution < -0.4 is 32.3 Å². The number of carbonyl (C=O) groups is 6. The van der Waals surface area contributed by atoms with E-state index in [1.165, 1.54) is 6.92 Å². The number of carbonyl (C=O) groups excluding carboxylic acids is 6. The number of fused-ring (bicyclic) bond motifs is 1. The molecule has 0 aliphatic heterocycles. The SMILES string of the molecule is CC(C)C[C@H](NC(=O)C(NC=O)C(C)C)C(=O)N[C@H](Cc1c[nH]c2ccccc12)C(=O)NCC(=O)N[C@@H](C)C(N)=O. The number of para-hydroxylation sites is 1. The Labute approximate surface area is 239 Å². The Morgan fingerprint density at radius 2 is 1.56 bits per heavy atom. The molecule has 41 heavy (non-hydrogen) atoms. The summed E-state index contributed by atoms with van der Waals surface area (Å²) in [5.41, 5.74) is 6.78. The Morgan fingerprint density at radius 1 is 0.902 bits per heavy atom. The molecule has 1 aromatic heterocycles. The van der Waals surface area contributed by atoms with Crippen molar-refractivity contribution < 1.29 is 28.8 Å². The fourth-order valence-electron chi connectivity index (χ4n) is 4.26. The van der Waals surface area contributed by atoms with E-state index >= 15 is 0 Å². The zero-order valence-corrected chi connectivity index (χ0v) is 24.1. The summed E-state index contributed by atoms with van der Waals surface area (Å²) in [7, 11) is 0. The molecule has 1 unspecified atom stereocenters. The summed E-state index contributed by atoms with van der Waals surface area (Å²) in [5.74, 6) is -3.32. The lowest BCUT2D eigenvalue weighted by molar-refractivity contribution is -0.134. The van der Waals surface area contributed by atoms with E-state index in [9.17, 15) is 28.8 Å². The molecule has 2 rings (SSSR count). The number of aromatic nitrogens is 1. The highest BCUT2D eigenvalue weighted by Crippen LogP contribution is 2.19. The van der Waals surface area contributed by atoms with E-state index in [4.69, 9.17) is 5.73 Å². The first kappa shape index (κ1) is 32.8. The van der Waals surface area contributed by atoms with Crippen LogP contribution in [-0.2, 0) is 35.2 Å². The third kappa shape index (κ3) is 9.92. The average molecular weight is 572 g/mol. The number of H-pyrrole nitrogens is 1. The van der Waals surface area contributed by atoms with Crippen LogP contribution in [0.5, 0.6) is 0 Å². The summed E-state index contributed by atoms with van der Waals surface area (Å²) >= 11 is 0. The molecule has 0 saturated carbocycles. The first-order chi connectivity index (χ1) is 19.3. The van der Waals surface area contributed by atoms with Gasteiger partial charge in [0.15, 0.2) is 0 Å². The van der Waals surface area contributed by atoms with Gasteiger partial charge >= 0.3 is 0 Å². The standard InChI is InChI=1S/C28H41N7O6/c1-15(2)10-21(35-28(41)24(16(3)4)32-14-36)27(40)34-22(11-18-12-30-20-9-7-6-8-19(18)20)26(39)31-13-23(37)33-17(5)25(29)38/h6-9,12,14-17,21-22,24,30H,10-11,13H2,1-5H3,(H2,29,38)(H,31,39)(H,32,36)(H,33,37)(H,34,40)(H,35,41)/t17-,21-,22+,24?/m0/s1. The van der Waals surface area contributed by atoms with Gasteiger partial charge in [-0.15, -0.1) is 0 Å². The van der Waals surface area contributed by atoms with E-state index in [1.54, 1.807) is 20.0 Å². The van der Waals surface area contributed by atoms with Crippen molar-refractivity contribution in [1.82, 2.24) is 31.6 Å². The first-order valence-electron chi connectivity index (χ1n) is 13.6. The van der Waals surface area contributed by atoms with E-state index < -0.39 is 60.2 Å². The van der Waals surface area contributed by atoms with E-state index in [2.05, 4.69) is 31.6 Å². The first-order valence-corrected chi connectivity index (χ1v) is 13.6. The molecule has 4 atom stereocenters. The average Bonchev–Trinajstić information content (AvgIpc) is 3.31. The minimum Gasteiger partial charge on any atom is -0.368 e. The van der Waals surface area contributed by atoms with Gasteiger partial charge < -0.3 is 37.3 Å². The van der Waals surface area contributed by atoms with Crippen molar-refractivity contribution in [3.63, 3.8) is 0 Å². The molecule has 0 aliphatic carbocycles. The van der Waals surface area contributed by atoms with Gasteiger partial charge in [0.2, 0.25) is 35.9 Å². The van der Waals surface area contributed by atoms with Crippen LogP contribution in [0.1, 0.15) is 46.6 Å². The second-order valence-electron chi connectivity index (χ2n) is 10.7. The molecule has 1 aromatic carbocycles. The molecular formula is C28H41N7O6. The number of rotatable bonds is 16. The zero-order chi connectivity index (χ0) is 30.7. The molecular weight excluding hydrogens is 530 g/mol. The van der Waals surface area contributed by atoms with E-state index in [0.717, 1.165) is 16.5 Å². The lowest BCUT2D eigenvalue weighted by Gasteiger charge is -2.27. The molecule has 0 saturated heterocycles. The van der Waals surface area contributed by atoms with Crippen LogP contribution >= 0.6 is 0 Å². The molecule has 0 radical (unpaired) electrons. The maximum absolute atomic E-state index is 13.5. The normalized spacial score (nSPS) is 14.0. The number of primary amides is 1. The minimum atomic E-state index is -1.11. The number of amides is 6. The van der Waals surface area contributed by atoms with Crippen molar-refractivity contribution >= 4 is 46.8 Å². The van der Waals surface area contributed by atoms with Gasteiger partial charge in [0.05, 0.1) is 6.54 Å². The maximum Gasteiger partial charge on any atom is 0.243 e. The van der Waals surface area contributed by atoms with Gasteiger partial charge in [-0.05, 0) is 36.8 Å². The molecule has 8 N–H and O–H groups in total. The van der Waals surface area contributed by atoms with Crippen LogP contribution in [0, 0.1) is 11.8 Å². The summed E-state index contributed by atoms with van der Waals surface area (Å²) in [6.07, 6.45) is 2.54. The Bertz CT molecular complexity index is 1240. The maximum atomic E-state index is 13.5. The molecule has 0 spiro atoms. The third-order valence-electron chi connectivity index (χ3n) is 6.50. The van der Waals surface area contributed by atoms with Crippen molar-refractivity contribution in [1.29, 1.82) is 0 Å². The quantitative estimate of drug-likeness (QED) is 0.133. The van der Waals surface area contributed by atoms with Crippen molar-refractivity contribution in [2.75, 3.05) is 6.54 Å². The van der Waals surface area contributed by atoms with E-state index in [1.807, 2.05) is 38.1 Å². The number of benzene rings is 1. The molecule has 2 aromatic rings. The summed E-state index contributed by atoms with van der Waals surface area (Å²) in [6.45, 7) is 8.27. The molecule has 13 nitrogen and oxygen atoms in total. The number of nitrogens with two attached hydrogens (primary N) is 1. The Kier molecular flexibility index (Phi) is 12.3. The lowest BCUT2D eigenvalue weighted by Crippen LogP contribution is -2.58. The molecule has 0 bridgehead atoms. The molecule has 0 fully saturated rings. The number of aromatic amines is 1. The Hall–Kier alpha value is -4.42. The molecule has 1 heterocycles. The van der Waals surface area contributed by atoms with Crippen molar-refractivity contribution in [2.45, 2.75) is 71.6 Å². The largest absolute Gasteiger partial charge is 0.368 e. The molecule has 0 aliphatic rings. The Balaban J connectivity index is 2.27. The zero-order valence-electron chi connectivity index (χ0n) is 24.1. The van der Waals surface area contributed by atoms with Gasteiger partial charge in [0.1, 0.15) is 24.2 Å². The second-order valence-corrected chi connectivity index (χ2v) is 10.7. The number of hydrogen-bond donors (Lipinski definition) is 7. The molecule has 13 heteroatoms. The smallest absolute Gasteiger partial charge is 0.243 e. The number of hydrogen-bond acceptors (Lipinski definition) is 6. The highest BCUT2D eigenvalue weighted by Gasteiger charge is 2.31. The topological polar surface area (TPSA) is 204 Å². The van der Waals surface area contributed by atoms with Crippen LogP contribution in [0.25, 0.3) is 10.9 Å². The highest BCUT2D eigenvalue weighted by atomic mass is 16.2. The summed E-state index contributed by atoms with van der Waals surface area (Å²) in [6, 6.07) is 3.60. The summed E-state index contributed by atoms with van der Waals surface area (Å²) < 4.78 is 0.